The van der Waals surface area contributed by atoms with E-state index in [9.17, 15) is 23.2 Å². The molecule has 0 aliphatic rings. The lowest BCUT2D eigenvalue weighted by molar-refractivity contribution is -0.137. The van der Waals surface area contributed by atoms with Gasteiger partial charge in [0.15, 0.2) is 5.22 Å². The largest absolute Gasteiger partial charge is 0.452 e. The molecule has 0 saturated carbocycles. The van der Waals surface area contributed by atoms with Crippen molar-refractivity contribution in [3.8, 4) is 11.3 Å². The van der Waals surface area contributed by atoms with Crippen LogP contribution >= 0.6 is 11.6 Å². The van der Waals surface area contributed by atoms with E-state index in [-0.39, 0.29) is 33.1 Å². The molecule has 0 bridgehead atoms. The molecule has 0 fully saturated rings. The number of carbonyl (C=O) groups excluding carboxylic acids is 3. The molecule has 11 heteroatoms. The Balaban J connectivity index is 1.93. The molecule has 0 radical (unpaired) electrons. The fourth-order valence-corrected chi connectivity index (χ4v) is 2.93. The molecule has 0 aliphatic carbocycles. The molecule has 2 amide bonds. The van der Waals surface area contributed by atoms with Crippen LogP contribution < -0.4 is 11.1 Å². The Morgan fingerprint density at radius 1 is 1.23 bits per heavy atom. The number of nitrogens with zero attached hydrogens (tertiary/aromatic N) is 2. The topological polar surface area (TPSA) is 120 Å². The Labute approximate surface area is 173 Å². The van der Waals surface area contributed by atoms with E-state index >= 15 is 0 Å². The summed E-state index contributed by atoms with van der Waals surface area (Å²) in [5.74, 6) is -3.16. The molecule has 3 rings (SSSR count). The number of primary amides is 1. The Kier molecular flexibility index (Phi) is 6.26. The highest BCUT2D eigenvalue weighted by Crippen LogP contribution is 2.28. The van der Waals surface area contributed by atoms with Gasteiger partial charge in [-0.15, -0.1) is 0 Å². The summed E-state index contributed by atoms with van der Waals surface area (Å²) in [7, 11) is 0. The summed E-state index contributed by atoms with van der Waals surface area (Å²) < 4.78 is 31.5. The van der Waals surface area contributed by atoms with E-state index in [1.54, 1.807) is 30.3 Å². The average Bonchev–Trinajstić information content (AvgIpc) is 3.34. The number of rotatable bonds is 8. The Hall–Kier alpha value is -3.53. The van der Waals surface area contributed by atoms with Gasteiger partial charge in [0.25, 0.3) is 11.8 Å². The highest BCUT2D eigenvalue weighted by atomic mass is 35.5. The van der Waals surface area contributed by atoms with Crippen molar-refractivity contribution < 1.29 is 27.6 Å². The van der Waals surface area contributed by atoms with Crippen LogP contribution in [0.15, 0.2) is 53.3 Å². The molecule has 8 nitrogen and oxygen atoms in total. The summed E-state index contributed by atoms with van der Waals surface area (Å²) in [6, 6.07) is 8.59. The van der Waals surface area contributed by atoms with Crippen molar-refractivity contribution in [2.45, 2.75) is 19.0 Å². The van der Waals surface area contributed by atoms with E-state index in [4.69, 9.17) is 21.8 Å². The lowest BCUT2D eigenvalue weighted by atomic mass is 10.0. The van der Waals surface area contributed by atoms with Crippen molar-refractivity contribution in [1.29, 1.82) is 0 Å². The summed E-state index contributed by atoms with van der Waals surface area (Å²) in [5.41, 5.74) is 5.54. The number of halogens is 3. The van der Waals surface area contributed by atoms with Gasteiger partial charge < -0.3 is 15.5 Å². The van der Waals surface area contributed by atoms with Crippen molar-refractivity contribution in [2.24, 2.45) is 5.73 Å². The number of alkyl halides is 2. The van der Waals surface area contributed by atoms with Crippen LogP contribution in [-0.4, -0.2) is 33.4 Å². The number of nitrogens with one attached hydrogen (secondary N) is 1. The van der Waals surface area contributed by atoms with Crippen molar-refractivity contribution in [3.05, 3.63) is 65.2 Å². The zero-order valence-corrected chi connectivity index (χ0v) is 16.0. The van der Waals surface area contributed by atoms with Gasteiger partial charge in [0, 0.05) is 24.2 Å². The zero-order valence-electron chi connectivity index (χ0n) is 15.2. The minimum atomic E-state index is -3.01. The number of ketones is 1. The second kappa shape index (κ2) is 8.87. The maximum absolute atomic E-state index is 13.1. The van der Waals surface area contributed by atoms with Crippen molar-refractivity contribution in [2.75, 3.05) is 0 Å². The number of hydrogen-bond acceptors (Lipinski definition) is 5. The Bertz CT molecular complexity index is 1080. The molecule has 3 aromatic rings. The standard InChI is InChI=1S/C19H15ClF2N4O4/c20-14-7-11(9-30-14)15-12(8-26(25-15)19(21)22)18(29)24-13(16(27)17(23)28)6-10-4-2-1-3-5-10/h1-5,7-9,13,19H,6H2,(H2,23,28)(H,24,29). The van der Waals surface area contributed by atoms with Crippen molar-refractivity contribution in [3.63, 3.8) is 0 Å². The van der Waals surface area contributed by atoms with Crippen molar-refractivity contribution >= 4 is 29.2 Å². The molecular weight excluding hydrogens is 422 g/mol. The summed E-state index contributed by atoms with van der Waals surface area (Å²) in [6.07, 6.45) is 1.95. The van der Waals surface area contributed by atoms with Gasteiger partial charge in [-0.2, -0.15) is 13.9 Å². The molecule has 1 atom stereocenters. The first-order chi connectivity index (χ1) is 14.3. The van der Waals surface area contributed by atoms with Crippen LogP contribution in [0.5, 0.6) is 0 Å². The third-order valence-corrected chi connectivity index (χ3v) is 4.36. The molecule has 0 saturated heterocycles. The number of hydrogen-bond donors (Lipinski definition) is 2. The normalized spacial score (nSPS) is 12.0. The summed E-state index contributed by atoms with van der Waals surface area (Å²) in [5, 5.41) is 6.04. The fraction of sp³-hybridized carbons (Fsp3) is 0.158. The lowest BCUT2D eigenvalue weighted by Gasteiger charge is -2.16. The first-order valence-electron chi connectivity index (χ1n) is 8.56. The van der Waals surface area contributed by atoms with Crippen LogP contribution in [0.3, 0.4) is 0 Å². The number of furan rings is 1. The third-order valence-electron chi connectivity index (χ3n) is 4.16. The maximum atomic E-state index is 13.1. The molecule has 0 aliphatic heterocycles. The number of amides is 2. The molecule has 0 spiro atoms. The minimum absolute atomic E-state index is 0.0236. The van der Waals surface area contributed by atoms with E-state index in [0.29, 0.717) is 5.56 Å². The highest BCUT2D eigenvalue weighted by Gasteiger charge is 2.29. The number of carbonyl (C=O) groups is 3. The Morgan fingerprint density at radius 3 is 2.50 bits per heavy atom. The molecule has 2 aromatic heterocycles. The molecule has 30 heavy (non-hydrogen) atoms. The number of Topliss-reactive ketones (excluding diaryl/α,β-unsaturated/α-hetero) is 1. The SMILES string of the molecule is NC(=O)C(=O)C(Cc1ccccc1)NC(=O)c1cn(C(F)F)nc1-c1coc(Cl)c1. The predicted octanol–water partition coefficient (Wildman–Crippen LogP) is 2.59. The van der Waals surface area contributed by atoms with Gasteiger partial charge in [-0.1, -0.05) is 30.3 Å². The van der Waals surface area contributed by atoms with Gasteiger partial charge in [-0.25, -0.2) is 4.68 Å². The molecule has 156 valence electrons. The van der Waals surface area contributed by atoms with E-state index < -0.39 is 30.2 Å². The van der Waals surface area contributed by atoms with Crippen LogP contribution in [-0.2, 0) is 16.0 Å². The van der Waals surface area contributed by atoms with Crippen LogP contribution in [0.2, 0.25) is 5.22 Å². The second-order valence-corrected chi connectivity index (χ2v) is 6.61. The smallest absolute Gasteiger partial charge is 0.333 e. The number of nitrogens with two attached hydrogens (primary N) is 1. The first-order valence-corrected chi connectivity index (χ1v) is 8.94. The van der Waals surface area contributed by atoms with Gasteiger partial charge in [0.1, 0.15) is 18.0 Å². The first kappa shape index (κ1) is 21.2. The van der Waals surface area contributed by atoms with Gasteiger partial charge in [-0.3, -0.25) is 14.4 Å². The lowest BCUT2D eigenvalue weighted by Crippen LogP contribution is -2.47. The third kappa shape index (κ3) is 4.71. The highest BCUT2D eigenvalue weighted by molar-refractivity contribution is 6.38. The number of aromatic nitrogens is 2. The summed E-state index contributed by atoms with van der Waals surface area (Å²) in [6.45, 7) is -3.01. The van der Waals surface area contributed by atoms with Gasteiger partial charge in [-0.05, 0) is 17.2 Å². The molecule has 1 aromatic carbocycles. The average molecular weight is 437 g/mol. The summed E-state index contributed by atoms with van der Waals surface area (Å²) in [4.78, 5) is 36.5. The summed E-state index contributed by atoms with van der Waals surface area (Å²) >= 11 is 5.72. The molecule has 1 unspecified atom stereocenters. The van der Waals surface area contributed by atoms with Crippen molar-refractivity contribution in [1.82, 2.24) is 15.1 Å². The maximum Gasteiger partial charge on any atom is 0.333 e. The number of benzene rings is 1. The van der Waals surface area contributed by atoms with E-state index in [2.05, 4.69) is 10.4 Å². The molecule has 2 heterocycles. The predicted molar refractivity (Wildman–Crippen MR) is 102 cm³/mol. The van der Waals surface area contributed by atoms with Gasteiger partial charge in [0.05, 0.1) is 5.56 Å². The minimum Gasteiger partial charge on any atom is -0.452 e. The van der Waals surface area contributed by atoms with E-state index in [0.717, 1.165) is 12.5 Å². The quantitative estimate of drug-likeness (QED) is 0.526. The van der Waals surface area contributed by atoms with E-state index in [1.165, 1.54) is 6.07 Å². The van der Waals surface area contributed by atoms with Crippen LogP contribution in [0.4, 0.5) is 8.78 Å². The Morgan fingerprint density at radius 2 is 1.93 bits per heavy atom. The van der Waals surface area contributed by atoms with Crippen LogP contribution in [0.25, 0.3) is 11.3 Å². The monoisotopic (exact) mass is 436 g/mol. The zero-order chi connectivity index (χ0) is 21.8. The van der Waals surface area contributed by atoms with Gasteiger partial charge >= 0.3 is 6.55 Å². The second-order valence-electron chi connectivity index (χ2n) is 6.23. The van der Waals surface area contributed by atoms with E-state index in [1.807, 2.05) is 0 Å². The fourth-order valence-electron chi connectivity index (χ4n) is 2.77. The molecular formula is C19H15ClF2N4O4. The molecule has 3 N–H and O–H groups in total. The van der Waals surface area contributed by atoms with Gasteiger partial charge in [0.2, 0.25) is 5.78 Å². The van der Waals surface area contributed by atoms with Crippen LogP contribution in [0.1, 0.15) is 22.5 Å². The van der Waals surface area contributed by atoms with Crippen LogP contribution in [0, 0.1) is 0 Å².